The Morgan fingerprint density at radius 1 is 1.40 bits per heavy atom. The maximum Gasteiger partial charge on any atom is 0.0152 e. The van der Waals surface area contributed by atoms with Crippen LogP contribution in [0.4, 0.5) is 0 Å². The highest BCUT2D eigenvalue weighted by Gasteiger charge is 1.96. The van der Waals surface area contributed by atoms with Crippen LogP contribution >= 0.6 is 0 Å². The van der Waals surface area contributed by atoms with Crippen LogP contribution in [-0.4, -0.2) is 4.98 Å². The first-order valence-electron chi connectivity index (χ1n) is 5.68. The molecule has 1 heterocycles. The van der Waals surface area contributed by atoms with Gasteiger partial charge in [0.25, 0.3) is 0 Å². The molecule has 0 atom stereocenters. The van der Waals surface area contributed by atoms with Gasteiger partial charge in [-0.05, 0) is 38.8 Å². The average molecular weight is 205 g/mol. The van der Waals surface area contributed by atoms with Gasteiger partial charge in [-0.1, -0.05) is 38.2 Å². The largest absolute Gasteiger partial charge is 0.362 e. The normalized spacial score (nSPS) is 10.5. The van der Waals surface area contributed by atoms with E-state index >= 15 is 0 Å². The SMILES string of the molecule is C=C/C(=C/C)CCc1ccc(C)[nH]1.CC. The molecular weight excluding hydrogens is 182 g/mol. The Morgan fingerprint density at radius 2 is 2.07 bits per heavy atom. The van der Waals surface area contributed by atoms with E-state index in [1.54, 1.807) is 0 Å². The van der Waals surface area contributed by atoms with E-state index in [0.29, 0.717) is 0 Å². The van der Waals surface area contributed by atoms with Gasteiger partial charge in [0.05, 0.1) is 0 Å². The Balaban J connectivity index is 0.000000921. The molecule has 0 bridgehead atoms. The number of aromatic amines is 1. The Hall–Kier alpha value is -1.24. The van der Waals surface area contributed by atoms with Gasteiger partial charge in [0.2, 0.25) is 0 Å². The lowest BCUT2D eigenvalue weighted by Gasteiger charge is -1.99. The van der Waals surface area contributed by atoms with Crippen LogP contribution in [-0.2, 0) is 6.42 Å². The van der Waals surface area contributed by atoms with E-state index in [0.717, 1.165) is 12.8 Å². The van der Waals surface area contributed by atoms with Crippen LogP contribution in [0.5, 0.6) is 0 Å². The molecule has 15 heavy (non-hydrogen) atoms. The third-order valence-electron chi connectivity index (χ3n) is 2.21. The predicted octanol–water partition coefficient (Wildman–Crippen LogP) is 4.41. The zero-order chi connectivity index (χ0) is 11.7. The second-order valence-corrected chi connectivity index (χ2v) is 3.23. The maximum atomic E-state index is 3.77. The van der Waals surface area contributed by atoms with Crippen molar-refractivity contribution >= 4 is 0 Å². The number of rotatable bonds is 4. The molecule has 1 N–H and O–H groups in total. The molecule has 0 radical (unpaired) electrons. The van der Waals surface area contributed by atoms with Crippen LogP contribution in [0.25, 0.3) is 0 Å². The number of allylic oxidation sites excluding steroid dienone is 3. The summed E-state index contributed by atoms with van der Waals surface area (Å²) in [6, 6.07) is 4.25. The van der Waals surface area contributed by atoms with Gasteiger partial charge in [-0.3, -0.25) is 0 Å². The lowest BCUT2D eigenvalue weighted by molar-refractivity contribution is 0.922. The number of aromatic nitrogens is 1. The van der Waals surface area contributed by atoms with Gasteiger partial charge in [0.1, 0.15) is 0 Å². The molecule has 0 spiro atoms. The molecule has 0 unspecified atom stereocenters. The first-order valence-corrected chi connectivity index (χ1v) is 5.68. The van der Waals surface area contributed by atoms with E-state index in [1.807, 2.05) is 19.9 Å². The summed E-state index contributed by atoms with van der Waals surface area (Å²) in [5.74, 6) is 0. The summed E-state index contributed by atoms with van der Waals surface area (Å²) >= 11 is 0. The highest BCUT2D eigenvalue weighted by molar-refractivity contribution is 5.18. The molecule has 0 aliphatic heterocycles. The summed E-state index contributed by atoms with van der Waals surface area (Å²) in [6.45, 7) is 11.9. The first kappa shape index (κ1) is 13.8. The zero-order valence-electron chi connectivity index (χ0n) is 10.4. The minimum atomic E-state index is 1.07. The zero-order valence-corrected chi connectivity index (χ0v) is 10.4. The lowest BCUT2D eigenvalue weighted by atomic mass is 10.1. The summed E-state index contributed by atoms with van der Waals surface area (Å²) in [7, 11) is 0. The fraction of sp³-hybridized carbons (Fsp3) is 0.429. The lowest BCUT2D eigenvalue weighted by Crippen LogP contribution is -1.87. The minimum Gasteiger partial charge on any atom is -0.362 e. The second-order valence-electron chi connectivity index (χ2n) is 3.23. The third kappa shape index (κ3) is 5.26. The monoisotopic (exact) mass is 205 g/mol. The summed E-state index contributed by atoms with van der Waals surface area (Å²) in [6.07, 6.45) is 6.18. The van der Waals surface area contributed by atoms with Crippen molar-refractivity contribution in [2.75, 3.05) is 0 Å². The molecule has 84 valence electrons. The Kier molecular flexibility index (Phi) is 7.43. The molecule has 1 aromatic heterocycles. The van der Waals surface area contributed by atoms with Gasteiger partial charge < -0.3 is 4.98 Å². The van der Waals surface area contributed by atoms with Gasteiger partial charge in [-0.15, -0.1) is 0 Å². The van der Waals surface area contributed by atoms with Crippen molar-refractivity contribution in [3.8, 4) is 0 Å². The van der Waals surface area contributed by atoms with Crippen LogP contribution in [0.1, 0.15) is 38.6 Å². The van der Waals surface area contributed by atoms with Gasteiger partial charge in [-0.25, -0.2) is 0 Å². The number of hydrogen-bond acceptors (Lipinski definition) is 0. The highest BCUT2D eigenvalue weighted by atomic mass is 14.7. The van der Waals surface area contributed by atoms with Crippen molar-refractivity contribution in [1.82, 2.24) is 4.98 Å². The standard InChI is InChI=1S/C12H17N.C2H6/c1-4-11(5-2)7-9-12-8-6-10(3)13-12;1-2/h4-6,8,13H,1,7,9H2,2-3H3;1-2H3/b11-5-;. The van der Waals surface area contributed by atoms with Gasteiger partial charge in [0, 0.05) is 11.4 Å². The molecule has 1 rings (SSSR count). The minimum absolute atomic E-state index is 1.07. The molecule has 1 aromatic rings. The molecule has 0 aliphatic rings. The quantitative estimate of drug-likeness (QED) is 0.701. The molecule has 1 nitrogen and oxygen atoms in total. The van der Waals surface area contributed by atoms with Crippen molar-refractivity contribution < 1.29 is 0 Å². The smallest absolute Gasteiger partial charge is 0.0152 e. The molecule has 0 saturated carbocycles. The average Bonchev–Trinajstić information content (AvgIpc) is 2.69. The van der Waals surface area contributed by atoms with Crippen LogP contribution < -0.4 is 0 Å². The van der Waals surface area contributed by atoms with E-state index in [-0.39, 0.29) is 0 Å². The van der Waals surface area contributed by atoms with E-state index in [2.05, 4.69) is 43.6 Å². The fourth-order valence-corrected chi connectivity index (χ4v) is 1.35. The van der Waals surface area contributed by atoms with Crippen molar-refractivity contribution in [3.63, 3.8) is 0 Å². The van der Waals surface area contributed by atoms with Crippen molar-refractivity contribution in [2.24, 2.45) is 0 Å². The van der Waals surface area contributed by atoms with Crippen LogP contribution in [0, 0.1) is 6.92 Å². The highest BCUT2D eigenvalue weighted by Crippen LogP contribution is 2.09. The van der Waals surface area contributed by atoms with Crippen LogP contribution in [0.2, 0.25) is 0 Å². The Bertz CT molecular complexity index is 305. The maximum absolute atomic E-state index is 3.77. The van der Waals surface area contributed by atoms with E-state index in [9.17, 15) is 0 Å². The van der Waals surface area contributed by atoms with Crippen LogP contribution in [0.15, 0.2) is 36.4 Å². The van der Waals surface area contributed by atoms with Gasteiger partial charge in [0.15, 0.2) is 0 Å². The van der Waals surface area contributed by atoms with E-state index in [1.165, 1.54) is 17.0 Å². The summed E-state index contributed by atoms with van der Waals surface area (Å²) in [4.78, 5) is 3.32. The third-order valence-corrected chi connectivity index (χ3v) is 2.21. The number of H-pyrrole nitrogens is 1. The molecule has 1 heteroatoms. The fourth-order valence-electron chi connectivity index (χ4n) is 1.35. The topological polar surface area (TPSA) is 15.8 Å². The molecule has 0 aromatic carbocycles. The van der Waals surface area contributed by atoms with Crippen molar-refractivity contribution in [1.29, 1.82) is 0 Å². The molecular formula is C14H23N. The van der Waals surface area contributed by atoms with Crippen molar-refractivity contribution in [3.05, 3.63) is 47.8 Å². The second kappa shape index (κ2) is 8.10. The predicted molar refractivity (Wildman–Crippen MR) is 69.2 cm³/mol. The summed E-state index contributed by atoms with van der Waals surface area (Å²) in [5, 5.41) is 0. The van der Waals surface area contributed by atoms with Gasteiger partial charge >= 0.3 is 0 Å². The van der Waals surface area contributed by atoms with Gasteiger partial charge in [-0.2, -0.15) is 0 Å². The van der Waals surface area contributed by atoms with E-state index in [4.69, 9.17) is 0 Å². The van der Waals surface area contributed by atoms with Crippen LogP contribution in [0.3, 0.4) is 0 Å². The number of nitrogens with one attached hydrogen (secondary N) is 1. The number of aryl methyl sites for hydroxylation is 2. The Labute approximate surface area is 93.9 Å². The molecule has 0 saturated heterocycles. The summed E-state index contributed by atoms with van der Waals surface area (Å²) < 4.78 is 0. The molecule has 0 fully saturated rings. The summed E-state index contributed by atoms with van der Waals surface area (Å²) in [5.41, 5.74) is 3.85. The van der Waals surface area contributed by atoms with Crippen molar-refractivity contribution in [2.45, 2.75) is 40.5 Å². The van der Waals surface area contributed by atoms with E-state index < -0.39 is 0 Å². The molecule has 0 aliphatic carbocycles. The first-order chi connectivity index (χ1) is 7.26. The Morgan fingerprint density at radius 3 is 2.47 bits per heavy atom. The molecule has 0 amide bonds. The number of hydrogen-bond donors (Lipinski definition) is 1.